The van der Waals surface area contributed by atoms with E-state index < -0.39 is 0 Å². The van der Waals surface area contributed by atoms with Crippen LogP contribution in [0.5, 0.6) is 0 Å². The van der Waals surface area contributed by atoms with Gasteiger partial charge in [-0.05, 0) is 24.7 Å². The summed E-state index contributed by atoms with van der Waals surface area (Å²) in [6.45, 7) is 0.613. The van der Waals surface area contributed by atoms with E-state index in [9.17, 15) is 9.59 Å². The number of aliphatic hydroxyl groups is 1. The van der Waals surface area contributed by atoms with E-state index in [2.05, 4.69) is 10.6 Å². The van der Waals surface area contributed by atoms with Crippen LogP contribution in [-0.4, -0.2) is 43.2 Å². The van der Waals surface area contributed by atoms with Gasteiger partial charge in [0.15, 0.2) is 0 Å². The van der Waals surface area contributed by atoms with Crippen LogP contribution in [0.25, 0.3) is 0 Å². The maximum absolute atomic E-state index is 11.4. The van der Waals surface area contributed by atoms with E-state index in [0.717, 1.165) is 19.3 Å². The maximum atomic E-state index is 11.4. The van der Waals surface area contributed by atoms with Gasteiger partial charge in [-0.15, -0.1) is 0 Å². The summed E-state index contributed by atoms with van der Waals surface area (Å²) in [6.07, 6.45) is 3.18. The van der Waals surface area contributed by atoms with Crippen LogP contribution in [0.2, 0.25) is 0 Å². The number of carbonyl (C=O) groups excluding carboxylic acids is 2. The molecule has 98 valence electrons. The fourth-order valence-electron chi connectivity index (χ4n) is 2.18. The van der Waals surface area contributed by atoms with Crippen molar-refractivity contribution in [2.75, 3.05) is 26.2 Å². The first kappa shape index (κ1) is 13.9. The number of hydrogen-bond donors (Lipinski definition) is 4. The molecule has 1 saturated carbocycles. The molecule has 0 aliphatic heterocycles. The van der Waals surface area contributed by atoms with Crippen LogP contribution >= 0.6 is 0 Å². The Hall–Kier alpha value is -1.14. The predicted molar refractivity (Wildman–Crippen MR) is 63.0 cm³/mol. The van der Waals surface area contributed by atoms with E-state index in [1.807, 2.05) is 0 Å². The summed E-state index contributed by atoms with van der Waals surface area (Å²) in [5.41, 5.74) is 5.10. The molecule has 0 aromatic rings. The topological polar surface area (TPSA) is 104 Å². The van der Waals surface area contributed by atoms with Crippen molar-refractivity contribution in [3.63, 3.8) is 0 Å². The van der Waals surface area contributed by atoms with Crippen LogP contribution in [0.15, 0.2) is 0 Å². The molecule has 6 nitrogen and oxygen atoms in total. The lowest BCUT2D eigenvalue weighted by Crippen LogP contribution is -2.41. The third kappa shape index (κ3) is 4.70. The van der Waals surface area contributed by atoms with E-state index >= 15 is 0 Å². The molecule has 0 bridgehead atoms. The van der Waals surface area contributed by atoms with Gasteiger partial charge in [-0.3, -0.25) is 9.59 Å². The van der Waals surface area contributed by atoms with E-state index in [4.69, 9.17) is 10.8 Å². The van der Waals surface area contributed by atoms with Gasteiger partial charge in [0.2, 0.25) is 11.8 Å². The molecule has 0 spiro atoms. The Morgan fingerprint density at radius 2 is 1.88 bits per heavy atom. The summed E-state index contributed by atoms with van der Waals surface area (Å²) in [6, 6.07) is 0. The second-order valence-corrected chi connectivity index (χ2v) is 4.42. The van der Waals surface area contributed by atoms with Crippen molar-refractivity contribution in [1.82, 2.24) is 10.6 Å². The van der Waals surface area contributed by atoms with Gasteiger partial charge < -0.3 is 21.5 Å². The van der Waals surface area contributed by atoms with Crippen LogP contribution in [-0.2, 0) is 9.59 Å². The SMILES string of the molecule is NCC(=O)NCC(=O)NCC1CCCC1CO. The zero-order valence-corrected chi connectivity index (χ0v) is 9.95. The number of amides is 2. The number of carbonyl (C=O) groups is 2. The Bertz CT molecular complexity index is 271. The average Bonchev–Trinajstić information content (AvgIpc) is 2.80. The first-order chi connectivity index (χ1) is 8.17. The first-order valence-corrected chi connectivity index (χ1v) is 6.01. The van der Waals surface area contributed by atoms with Gasteiger partial charge in [-0.2, -0.15) is 0 Å². The minimum atomic E-state index is -0.339. The summed E-state index contributed by atoms with van der Waals surface area (Å²) < 4.78 is 0. The fraction of sp³-hybridized carbons (Fsp3) is 0.818. The number of nitrogens with two attached hydrogens (primary N) is 1. The smallest absolute Gasteiger partial charge is 0.239 e. The molecule has 17 heavy (non-hydrogen) atoms. The Morgan fingerprint density at radius 1 is 1.18 bits per heavy atom. The monoisotopic (exact) mass is 243 g/mol. The maximum Gasteiger partial charge on any atom is 0.239 e. The minimum absolute atomic E-state index is 0.0352. The Labute approximate surface area is 101 Å². The highest BCUT2D eigenvalue weighted by Gasteiger charge is 2.26. The van der Waals surface area contributed by atoms with Gasteiger partial charge in [-0.1, -0.05) is 6.42 Å². The molecular weight excluding hydrogens is 222 g/mol. The lowest BCUT2D eigenvalue weighted by molar-refractivity contribution is -0.125. The van der Waals surface area contributed by atoms with Crippen LogP contribution < -0.4 is 16.4 Å². The van der Waals surface area contributed by atoms with Crippen molar-refractivity contribution >= 4 is 11.8 Å². The molecule has 1 aliphatic rings. The van der Waals surface area contributed by atoms with Gasteiger partial charge in [0.25, 0.3) is 0 Å². The van der Waals surface area contributed by atoms with Crippen molar-refractivity contribution in [2.45, 2.75) is 19.3 Å². The van der Waals surface area contributed by atoms with Crippen molar-refractivity contribution < 1.29 is 14.7 Å². The van der Waals surface area contributed by atoms with E-state index in [0.29, 0.717) is 18.4 Å². The first-order valence-electron chi connectivity index (χ1n) is 6.01. The highest BCUT2D eigenvalue weighted by atomic mass is 16.3. The lowest BCUT2D eigenvalue weighted by atomic mass is 9.97. The van der Waals surface area contributed by atoms with Crippen molar-refractivity contribution in [1.29, 1.82) is 0 Å². The number of aliphatic hydroxyl groups excluding tert-OH is 1. The molecule has 6 heteroatoms. The van der Waals surface area contributed by atoms with Crippen molar-refractivity contribution in [2.24, 2.45) is 17.6 Å². The molecule has 5 N–H and O–H groups in total. The van der Waals surface area contributed by atoms with E-state index in [1.165, 1.54) is 0 Å². The predicted octanol–water partition coefficient (Wildman–Crippen LogP) is -1.41. The molecule has 0 heterocycles. The molecule has 1 aliphatic carbocycles. The molecule has 1 fully saturated rings. The molecule has 0 radical (unpaired) electrons. The average molecular weight is 243 g/mol. The molecule has 1 rings (SSSR count). The minimum Gasteiger partial charge on any atom is -0.396 e. The largest absolute Gasteiger partial charge is 0.396 e. The third-order valence-corrected chi connectivity index (χ3v) is 3.24. The second kappa shape index (κ2) is 7.24. The van der Waals surface area contributed by atoms with Crippen LogP contribution in [0.1, 0.15) is 19.3 Å². The summed E-state index contributed by atoms with van der Waals surface area (Å²) in [5.74, 6) is 0.104. The van der Waals surface area contributed by atoms with Gasteiger partial charge in [-0.25, -0.2) is 0 Å². The van der Waals surface area contributed by atoms with Crippen molar-refractivity contribution in [3.8, 4) is 0 Å². The zero-order chi connectivity index (χ0) is 12.7. The van der Waals surface area contributed by atoms with Gasteiger partial charge in [0, 0.05) is 13.2 Å². The third-order valence-electron chi connectivity index (χ3n) is 3.24. The Kier molecular flexibility index (Phi) is 5.93. The molecule has 2 unspecified atom stereocenters. The Morgan fingerprint density at radius 3 is 2.53 bits per heavy atom. The molecule has 2 atom stereocenters. The van der Waals surface area contributed by atoms with Gasteiger partial charge in [0.05, 0.1) is 13.1 Å². The second-order valence-electron chi connectivity index (χ2n) is 4.42. The summed E-state index contributed by atoms with van der Waals surface area (Å²) in [7, 11) is 0. The zero-order valence-electron chi connectivity index (χ0n) is 9.95. The quantitative estimate of drug-likeness (QED) is 0.460. The van der Waals surface area contributed by atoms with E-state index in [-0.39, 0.29) is 31.5 Å². The standard InChI is InChI=1S/C11H21N3O3/c12-4-10(16)14-6-11(17)13-5-8-2-1-3-9(8)7-15/h8-9,15H,1-7,12H2,(H,13,17)(H,14,16). The summed E-state index contributed by atoms with van der Waals surface area (Å²) in [4.78, 5) is 22.2. The summed E-state index contributed by atoms with van der Waals surface area (Å²) >= 11 is 0. The molecule has 0 aromatic carbocycles. The summed E-state index contributed by atoms with van der Waals surface area (Å²) in [5, 5.41) is 14.3. The van der Waals surface area contributed by atoms with E-state index in [1.54, 1.807) is 0 Å². The molecule has 2 amide bonds. The van der Waals surface area contributed by atoms with Crippen LogP contribution in [0.3, 0.4) is 0 Å². The number of rotatable bonds is 6. The van der Waals surface area contributed by atoms with Gasteiger partial charge in [0.1, 0.15) is 0 Å². The number of hydrogen-bond acceptors (Lipinski definition) is 4. The highest BCUT2D eigenvalue weighted by molar-refractivity contribution is 5.85. The fourth-order valence-corrected chi connectivity index (χ4v) is 2.18. The van der Waals surface area contributed by atoms with Gasteiger partial charge >= 0.3 is 0 Å². The Balaban J connectivity index is 2.17. The molecule has 0 aromatic heterocycles. The molecule has 0 saturated heterocycles. The normalized spacial score (nSPS) is 23.4. The number of nitrogens with one attached hydrogen (secondary N) is 2. The van der Waals surface area contributed by atoms with Crippen LogP contribution in [0, 0.1) is 11.8 Å². The lowest BCUT2D eigenvalue weighted by Gasteiger charge is -2.17. The highest BCUT2D eigenvalue weighted by Crippen LogP contribution is 2.30. The molecular formula is C11H21N3O3. The van der Waals surface area contributed by atoms with Crippen LogP contribution in [0.4, 0.5) is 0 Å². The van der Waals surface area contributed by atoms with Crippen molar-refractivity contribution in [3.05, 3.63) is 0 Å².